The fourth-order valence-electron chi connectivity index (χ4n) is 4.20. The maximum Gasteiger partial charge on any atom is 0.420 e. The zero-order valence-corrected chi connectivity index (χ0v) is 16.1. The van der Waals surface area contributed by atoms with Crippen molar-refractivity contribution in [1.29, 1.82) is 0 Å². The van der Waals surface area contributed by atoms with Gasteiger partial charge in [-0.3, -0.25) is 19.5 Å². The van der Waals surface area contributed by atoms with Crippen LogP contribution < -0.4 is 21.7 Å². The van der Waals surface area contributed by atoms with E-state index in [4.69, 9.17) is 4.42 Å². The third-order valence-electron chi connectivity index (χ3n) is 5.61. The molecule has 0 bridgehead atoms. The maximum absolute atomic E-state index is 12.6. The summed E-state index contributed by atoms with van der Waals surface area (Å²) in [4.78, 5) is 48.4. The highest BCUT2D eigenvalue weighted by Crippen LogP contribution is 2.33. The zero-order chi connectivity index (χ0) is 21.0. The second kappa shape index (κ2) is 6.31. The molecule has 2 aromatic carbocycles. The molecule has 5 rings (SSSR count). The molecular formula is C21H18N4O5. The summed E-state index contributed by atoms with van der Waals surface area (Å²) in [6.07, 6.45) is 0.763. The molecule has 1 spiro atoms. The summed E-state index contributed by atoms with van der Waals surface area (Å²) in [5, 5.41) is 7.77. The minimum Gasteiger partial charge on any atom is -0.408 e. The van der Waals surface area contributed by atoms with Crippen molar-refractivity contribution in [3.8, 4) is 0 Å². The number of anilines is 1. The molecule has 1 unspecified atom stereocenters. The van der Waals surface area contributed by atoms with Gasteiger partial charge in [0.1, 0.15) is 12.1 Å². The van der Waals surface area contributed by atoms with Crippen LogP contribution in [0.4, 0.5) is 10.5 Å². The third kappa shape index (κ3) is 2.86. The molecule has 30 heavy (non-hydrogen) atoms. The van der Waals surface area contributed by atoms with E-state index in [0.717, 1.165) is 16.7 Å². The van der Waals surface area contributed by atoms with Crippen molar-refractivity contribution in [3.63, 3.8) is 0 Å². The molecule has 1 aliphatic heterocycles. The summed E-state index contributed by atoms with van der Waals surface area (Å²) in [7, 11) is 0. The lowest BCUT2D eigenvalue weighted by atomic mass is 9.96. The van der Waals surface area contributed by atoms with Crippen LogP contribution in [0.2, 0.25) is 0 Å². The number of aryl methyl sites for hydroxylation is 1. The highest BCUT2D eigenvalue weighted by atomic mass is 16.4. The Labute approximate surface area is 170 Å². The van der Waals surface area contributed by atoms with Gasteiger partial charge in [0.25, 0.3) is 5.91 Å². The van der Waals surface area contributed by atoms with E-state index in [1.165, 1.54) is 4.57 Å². The molecule has 2 heterocycles. The van der Waals surface area contributed by atoms with Crippen molar-refractivity contribution >= 4 is 34.6 Å². The topological polar surface area (TPSA) is 122 Å². The predicted molar refractivity (Wildman–Crippen MR) is 107 cm³/mol. The van der Waals surface area contributed by atoms with Gasteiger partial charge in [0.05, 0.1) is 5.52 Å². The summed E-state index contributed by atoms with van der Waals surface area (Å²) in [5.74, 6) is -1.31. The van der Waals surface area contributed by atoms with E-state index in [1.54, 1.807) is 24.3 Å². The van der Waals surface area contributed by atoms with Gasteiger partial charge >= 0.3 is 11.8 Å². The molecular weight excluding hydrogens is 388 g/mol. The number of aromatic nitrogens is 1. The molecule has 1 aromatic heterocycles. The summed E-state index contributed by atoms with van der Waals surface area (Å²) < 4.78 is 6.50. The van der Waals surface area contributed by atoms with Crippen LogP contribution in [0.1, 0.15) is 16.7 Å². The Hall–Kier alpha value is -3.88. The van der Waals surface area contributed by atoms with Crippen LogP contribution in [0.15, 0.2) is 45.6 Å². The number of benzene rings is 2. The minimum atomic E-state index is -0.955. The quantitative estimate of drug-likeness (QED) is 0.565. The monoisotopic (exact) mass is 406 g/mol. The van der Waals surface area contributed by atoms with Crippen LogP contribution in [0.3, 0.4) is 0 Å². The summed E-state index contributed by atoms with van der Waals surface area (Å²) in [5.41, 5.74) is 3.37. The minimum absolute atomic E-state index is 0.186. The van der Waals surface area contributed by atoms with E-state index < -0.39 is 17.3 Å². The summed E-state index contributed by atoms with van der Waals surface area (Å²) >= 11 is 0. The van der Waals surface area contributed by atoms with Crippen molar-refractivity contribution in [2.75, 3.05) is 5.32 Å². The second-order valence-corrected chi connectivity index (χ2v) is 7.80. The Morgan fingerprint density at radius 3 is 2.70 bits per heavy atom. The van der Waals surface area contributed by atoms with Crippen LogP contribution in [0.25, 0.3) is 11.1 Å². The van der Waals surface area contributed by atoms with Gasteiger partial charge < -0.3 is 15.1 Å². The Kier molecular flexibility index (Phi) is 3.82. The first-order valence-corrected chi connectivity index (χ1v) is 9.48. The number of urea groups is 1. The Morgan fingerprint density at radius 1 is 1.13 bits per heavy atom. The molecule has 0 saturated carbocycles. The third-order valence-corrected chi connectivity index (χ3v) is 5.61. The highest BCUT2D eigenvalue weighted by molar-refractivity contribution is 6.08. The van der Waals surface area contributed by atoms with Crippen LogP contribution in [-0.2, 0) is 29.0 Å². The highest BCUT2D eigenvalue weighted by Gasteiger charge is 2.49. The first-order chi connectivity index (χ1) is 14.3. The van der Waals surface area contributed by atoms with Gasteiger partial charge in [-0.25, -0.2) is 9.59 Å². The van der Waals surface area contributed by atoms with Crippen molar-refractivity contribution in [1.82, 2.24) is 15.2 Å². The fraction of sp³-hybridized carbons (Fsp3) is 0.238. The van der Waals surface area contributed by atoms with Crippen LogP contribution in [-0.4, -0.2) is 28.0 Å². The molecule has 1 saturated heterocycles. The van der Waals surface area contributed by atoms with Gasteiger partial charge in [-0.1, -0.05) is 12.1 Å². The number of fused-ring (bicyclic) bond motifs is 2. The van der Waals surface area contributed by atoms with E-state index in [0.29, 0.717) is 29.6 Å². The fourth-order valence-corrected chi connectivity index (χ4v) is 4.20. The number of hydrogen-bond acceptors (Lipinski definition) is 5. The molecule has 0 radical (unpaired) electrons. The molecule has 9 heteroatoms. The average Bonchev–Trinajstić information content (AvgIpc) is 3.27. The molecule has 3 aromatic rings. The summed E-state index contributed by atoms with van der Waals surface area (Å²) in [6.45, 7) is 1.70. The Bertz CT molecular complexity index is 1300. The van der Waals surface area contributed by atoms with E-state index in [9.17, 15) is 19.2 Å². The molecule has 2 aliphatic rings. The first kappa shape index (κ1) is 18.2. The van der Waals surface area contributed by atoms with Gasteiger partial charge in [-0.15, -0.1) is 0 Å². The number of oxazole rings is 1. The summed E-state index contributed by atoms with van der Waals surface area (Å²) in [6, 6.07) is 10.2. The lowest BCUT2D eigenvalue weighted by Gasteiger charge is -2.18. The number of carbonyl (C=O) groups is 3. The Morgan fingerprint density at radius 2 is 1.93 bits per heavy atom. The predicted octanol–water partition coefficient (Wildman–Crippen LogP) is 1.22. The maximum atomic E-state index is 12.6. The number of nitrogens with zero attached hydrogens (tertiary/aromatic N) is 1. The molecule has 152 valence electrons. The SMILES string of the molecule is Cc1ccc2c(c1)oc(=O)n2CC(=O)Nc1ccc2c(c1)CC1(C2)NC(=O)NC1=O. The smallest absolute Gasteiger partial charge is 0.408 e. The number of rotatable bonds is 3. The number of nitrogens with one attached hydrogen (secondary N) is 3. The first-order valence-electron chi connectivity index (χ1n) is 9.48. The van der Waals surface area contributed by atoms with E-state index in [1.807, 2.05) is 19.1 Å². The molecule has 1 atom stereocenters. The zero-order valence-electron chi connectivity index (χ0n) is 16.1. The van der Waals surface area contributed by atoms with Crippen LogP contribution >= 0.6 is 0 Å². The van der Waals surface area contributed by atoms with Crippen molar-refractivity contribution < 1.29 is 18.8 Å². The second-order valence-electron chi connectivity index (χ2n) is 7.80. The van der Waals surface area contributed by atoms with Crippen molar-refractivity contribution in [3.05, 3.63) is 63.6 Å². The van der Waals surface area contributed by atoms with E-state index >= 15 is 0 Å². The largest absolute Gasteiger partial charge is 0.420 e. The lowest BCUT2D eigenvalue weighted by molar-refractivity contribution is -0.123. The molecule has 9 nitrogen and oxygen atoms in total. The number of hydrogen-bond donors (Lipinski definition) is 3. The molecule has 1 fully saturated rings. The van der Waals surface area contributed by atoms with Crippen molar-refractivity contribution in [2.24, 2.45) is 0 Å². The van der Waals surface area contributed by atoms with E-state index in [-0.39, 0.29) is 18.4 Å². The number of imide groups is 1. The molecule has 4 amide bonds. The standard InChI is InChI=1S/C21H18N4O5/c1-11-2-5-15-16(6-11)30-20(29)25(15)10-17(26)22-14-4-3-12-8-21(9-13(12)7-14)18(27)23-19(28)24-21/h2-7H,8-10H2,1H3,(H,22,26)(H2,23,24,27,28). The van der Waals surface area contributed by atoms with Gasteiger partial charge in [-0.05, 0) is 47.9 Å². The normalized spacial score (nSPS) is 19.8. The van der Waals surface area contributed by atoms with Gasteiger partial charge in [0.2, 0.25) is 5.91 Å². The van der Waals surface area contributed by atoms with Crippen LogP contribution in [0, 0.1) is 6.92 Å². The van der Waals surface area contributed by atoms with Gasteiger partial charge in [-0.2, -0.15) is 0 Å². The van der Waals surface area contributed by atoms with Crippen molar-refractivity contribution in [2.45, 2.75) is 31.8 Å². The van der Waals surface area contributed by atoms with Gasteiger partial charge in [0, 0.05) is 18.5 Å². The van der Waals surface area contributed by atoms with Gasteiger partial charge in [0.15, 0.2) is 5.58 Å². The Balaban J connectivity index is 1.34. The van der Waals surface area contributed by atoms with Crippen LogP contribution in [0.5, 0.6) is 0 Å². The number of carbonyl (C=O) groups excluding carboxylic acids is 3. The van der Waals surface area contributed by atoms with E-state index in [2.05, 4.69) is 16.0 Å². The molecule has 1 aliphatic carbocycles. The average molecular weight is 406 g/mol. The lowest BCUT2D eigenvalue weighted by Crippen LogP contribution is -2.47. The molecule has 3 N–H and O–H groups in total. The number of amides is 4.